The molecule has 0 amide bonds. The minimum absolute atomic E-state index is 0.742. The average Bonchev–Trinajstić information content (AvgIpc) is 2.46. The zero-order valence-electron chi connectivity index (χ0n) is 13.0. The zero-order valence-corrected chi connectivity index (χ0v) is 13.0. The van der Waals surface area contributed by atoms with Gasteiger partial charge in [0.1, 0.15) is 0 Å². The molecule has 0 atom stereocenters. The molecule has 2 heteroatoms. The van der Waals surface area contributed by atoms with Crippen LogP contribution in [0.4, 0.5) is 5.69 Å². The minimum Gasteiger partial charge on any atom is -0.360 e. The number of anilines is 1. The lowest BCUT2D eigenvalue weighted by Gasteiger charge is -2.32. The molecule has 2 nitrogen and oxygen atoms in total. The van der Waals surface area contributed by atoms with E-state index in [1.54, 1.807) is 0 Å². The highest BCUT2D eigenvalue weighted by molar-refractivity contribution is 5.48. The van der Waals surface area contributed by atoms with Gasteiger partial charge >= 0.3 is 0 Å². The van der Waals surface area contributed by atoms with Gasteiger partial charge in [-0.25, -0.2) is 0 Å². The van der Waals surface area contributed by atoms with Crippen LogP contribution in [0.5, 0.6) is 0 Å². The Morgan fingerprint density at radius 2 is 1.90 bits per heavy atom. The van der Waals surface area contributed by atoms with Crippen molar-refractivity contribution in [2.45, 2.75) is 45.4 Å². The summed E-state index contributed by atoms with van der Waals surface area (Å²) in [5.41, 5.74) is 3.62. The van der Waals surface area contributed by atoms with Gasteiger partial charge in [-0.15, -0.1) is 0 Å². The Balaban J connectivity index is 1.85. The number of hydrogen-bond acceptors (Lipinski definition) is 2. The second-order valence-electron chi connectivity index (χ2n) is 6.00. The molecular formula is C18H28N2. The van der Waals surface area contributed by atoms with Crippen LogP contribution in [0.1, 0.15) is 51.0 Å². The van der Waals surface area contributed by atoms with Gasteiger partial charge in [0, 0.05) is 11.4 Å². The Hall–Kier alpha value is -1.28. The summed E-state index contributed by atoms with van der Waals surface area (Å²) in [6, 6.07) is 8.90. The van der Waals surface area contributed by atoms with Gasteiger partial charge in [0.25, 0.3) is 0 Å². The number of unbranched alkanes of at least 4 members (excludes halogenated alkanes) is 1. The van der Waals surface area contributed by atoms with Crippen molar-refractivity contribution in [2.75, 3.05) is 25.0 Å². The van der Waals surface area contributed by atoms with Gasteiger partial charge in [-0.1, -0.05) is 32.1 Å². The zero-order chi connectivity index (χ0) is 14.4. The SMILES string of the molecule is C=C(C)Nc1ccc(C2CCN(CCCC)CC2)cc1. The fraction of sp³-hybridized carbons (Fsp3) is 0.556. The fourth-order valence-electron chi connectivity index (χ4n) is 2.96. The third-order valence-corrected chi connectivity index (χ3v) is 4.16. The Labute approximate surface area is 123 Å². The lowest BCUT2D eigenvalue weighted by molar-refractivity contribution is 0.209. The fourth-order valence-corrected chi connectivity index (χ4v) is 2.96. The molecule has 0 aromatic heterocycles. The Kier molecular flexibility index (Phi) is 5.66. The highest BCUT2D eigenvalue weighted by atomic mass is 15.1. The summed E-state index contributed by atoms with van der Waals surface area (Å²) in [6.45, 7) is 11.9. The molecule has 2 rings (SSSR count). The second-order valence-corrected chi connectivity index (χ2v) is 6.00. The summed E-state index contributed by atoms with van der Waals surface area (Å²) in [4.78, 5) is 2.62. The van der Waals surface area contributed by atoms with Crippen molar-refractivity contribution in [2.24, 2.45) is 0 Å². The van der Waals surface area contributed by atoms with Crippen LogP contribution in [0.3, 0.4) is 0 Å². The summed E-state index contributed by atoms with van der Waals surface area (Å²) < 4.78 is 0. The van der Waals surface area contributed by atoms with Gasteiger partial charge in [0.05, 0.1) is 0 Å². The normalized spacial score (nSPS) is 17.1. The van der Waals surface area contributed by atoms with Crippen LogP contribution < -0.4 is 5.32 Å². The molecule has 1 aliphatic heterocycles. The van der Waals surface area contributed by atoms with E-state index >= 15 is 0 Å². The molecule has 0 saturated carbocycles. The summed E-state index contributed by atoms with van der Waals surface area (Å²) in [5, 5.41) is 3.26. The van der Waals surface area contributed by atoms with E-state index in [4.69, 9.17) is 0 Å². The third-order valence-electron chi connectivity index (χ3n) is 4.16. The van der Waals surface area contributed by atoms with Crippen LogP contribution in [-0.2, 0) is 0 Å². The van der Waals surface area contributed by atoms with Crippen molar-refractivity contribution in [3.05, 3.63) is 42.1 Å². The van der Waals surface area contributed by atoms with Crippen LogP contribution in [0.15, 0.2) is 36.5 Å². The molecule has 0 aliphatic carbocycles. The van der Waals surface area contributed by atoms with Gasteiger partial charge in [-0.3, -0.25) is 0 Å². The van der Waals surface area contributed by atoms with E-state index in [0.717, 1.165) is 17.3 Å². The number of rotatable bonds is 6. The molecule has 0 radical (unpaired) electrons. The van der Waals surface area contributed by atoms with Gasteiger partial charge in [-0.2, -0.15) is 0 Å². The molecule has 1 aromatic rings. The summed E-state index contributed by atoms with van der Waals surface area (Å²) in [6.07, 6.45) is 5.25. The first-order valence-electron chi connectivity index (χ1n) is 7.94. The van der Waals surface area contributed by atoms with Crippen LogP contribution >= 0.6 is 0 Å². The topological polar surface area (TPSA) is 15.3 Å². The van der Waals surface area contributed by atoms with E-state index in [0.29, 0.717) is 0 Å². The van der Waals surface area contributed by atoms with E-state index in [1.165, 1.54) is 50.9 Å². The largest absolute Gasteiger partial charge is 0.360 e. The van der Waals surface area contributed by atoms with Gasteiger partial charge in [0.15, 0.2) is 0 Å². The average molecular weight is 272 g/mol. The van der Waals surface area contributed by atoms with Crippen molar-refractivity contribution in [1.82, 2.24) is 4.90 Å². The molecule has 0 unspecified atom stereocenters. The summed E-state index contributed by atoms with van der Waals surface area (Å²) >= 11 is 0. The third kappa shape index (κ3) is 4.38. The predicted molar refractivity (Wildman–Crippen MR) is 88.2 cm³/mol. The Morgan fingerprint density at radius 3 is 2.45 bits per heavy atom. The second kappa shape index (κ2) is 7.49. The van der Waals surface area contributed by atoms with Crippen molar-refractivity contribution in [1.29, 1.82) is 0 Å². The van der Waals surface area contributed by atoms with Crippen LogP contribution in [0.2, 0.25) is 0 Å². The number of benzene rings is 1. The maximum Gasteiger partial charge on any atom is 0.0381 e. The highest BCUT2D eigenvalue weighted by Gasteiger charge is 2.19. The number of piperidine rings is 1. The van der Waals surface area contributed by atoms with Gasteiger partial charge in [-0.05, 0) is 69.4 Å². The molecule has 1 aromatic carbocycles. The molecular weight excluding hydrogens is 244 g/mol. The maximum atomic E-state index is 3.88. The molecule has 1 saturated heterocycles. The molecule has 20 heavy (non-hydrogen) atoms. The lowest BCUT2D eigenvalue weighted by Crippen LogP contribution is -2.33. The van der Waals surface area contributed by atoms with Crippen molar-refractivity contribution in [3.8, 4) is 0 Å². The van der Waals surface area contributed by atoms with E-state index in [1.807, 2.05) is 6.92 Å². The minimum atomic E-state index is 0.742. The standard InChI is InChI=1S/C18H28N2/c1-4-5-12-20-13-10-17(11-14-20)16-6-8-18(9-7-16)19-15(2)3/h6-9,17,19H,2,4-5,10-14H2,1,3H3. The predicted octanol–water partition coefficient (Wildman–Crippen LogP) is 4.61. The van der Waals surface area contributed by atoms with Crippen molar-refractivity contribution >= 4 is 5.69 Å². The van der Waals surface area contributed by atoms with Crippen LogP contribution in [0, 0.1) is 0 Å². The lowest BCUT2D eigenvalue weighted by atomic mass is 9.89. The maximum absolute atomic E-state index is 3.88. The summed E-state index contributed by atoms with van der Waals surface area (Å²) in [5.74, 6) is 0.742. The number of allylic oxidation sites excluding steroid dienone is 1. The Morgan fingerprint density at radius 1 is 1.25 bits per heavy atom. The number of nitrogens with zero attached hydrogens (tertiary/aromatic N) is 1. The van der Waals surface area contributed by atoms with Crippen molar-refractivity contribution < 1.29 is 0 Å². The quantitative estimate of drug-likeness (QED) is 0.813. The molecule has 0 bridgehead atoms. The first kappa shape index (κ1) is 15.1. The molecule has 110 valence electrons. The molecule has 1 fully saturated rings. The smallest absolute Gasteiger partial charge is 0.0381 e. The highest BCUT2D eigenvalue weighted by Crippen LogP contribution is 2.29. The molecule has 1 heterocycles. The van der Waals surface area contributed by atoms with Crippen LogP contribution in [-0.4, -0.2) is 24.5 Å². The molecule has 1 aliphatic rings. The number of likely N-dealkylation sites (tertiary alicyclic amines) is 1. The number of nitrogens with one attached hydrogen (secondary N) is 1. The molecule has 1 N–H and O–H groups in total. The van der Waals surface area contributed by atoms with E-state index in [-0.39, 0.29) is 0 Å². The first-order valence-corrected chi connectivity index (χ1v) is 7.94. The summed E-state index contributed by atoms with van der Waals surface area (Å²) in [7, 11) is 0. The van der Waals surface area contributed by atoms with E-state index in [9.17, 15) is 0 Å². The van der Waals surface area contributed by atoms with Crippen LogP contribution in [0.25, 0.3) is 0 Å². The molecule has 0 spiro atoms. The monoisotopic (exact) mass is 272 g/mol. The van der Waals surface area contributed by atoms with Crippen molar-refractivity contribution in [3.63, 3.8) is 0 Å². The van der Waals surface area contributed by atoms with Gasteiger partial charge in [0.2, 0.25) is 0 Å². The Bertz CT molecular complexity index is 414. The van der Waals surface area contributed by atoms with E-state index in [2.05, 4.69) is 48.0 Å². The first-order chi connectivity index (χ1) is 9.69. The number of hydrogen-bond donors (Lipinski definition) is 1. The van der Waals surface area contributed by atoms with Gasteiger partial charge < -0.3 is 10.2 Å². The van der Waals surface area contributed by atoms with E-state index < -0.39 is 0 Å².